The van der Waals surface area contributed by atoms with Crippen LogP contribution >= 0.6 is 11.8 Å². The number of nitrogens with two attached hydrogens (primary N) is 1. The van der Waals surface area contributed by atoms with E-state index in [2.05, 4.69) is 16.8 Å². The summed E-state index contributed by atoms with van der Waals surface area (Å²) < 4.78 is 0. The first-order chi connectivity index (χ1) is 8.24. The second-order valence-electron chi connectivity index (χ2n) is 4.90. The zero-order valence-corrected chi connectivity index (χ0v) is 10.9. The predicted octanol–water partition coefficient (Wildman–Crippen LogP) is 1.88. The van der Waals surface area contributed by atoms with Crippen molar-refractivity contribution in [3.05, 3.63) is 11.9 Å². The summed E-state index contributed by atoms with van der Waals surface area (Å²) in [4.78, 5) is 11.4. The van der Waals surface area contributed by atoms with Crippen LogP contribution in [0.5, 0.6) is 0 Å². The molecule has 2 aliphatic rings. The number of aromatic nitrogens is 2. The second kappa shape index (κ2) is 4.37. The van der Waals surface area contributed by atoms with Crippen LogP contribution in [0.15, 0.2) is 6.07 Å². The molecule has 1 aromatic heterocycles. The number of anilines is 2. The van der Waals surface area contributed by atoms with E-state index in [9.17, 15) is 0 Å². The second-order valence-corrected chi connectivity index (χ2v) is 6.05. The highest BCUT2D eigenvalue weighted by Crippen LogP contribution is 2.39. The first kappa shape index (κ1) is 11.1. The fourth-order valence-corrected chi connectivity index (χ4v) is 3.22. The van der Waals surface area contributed by atoms with Crippen LogP contribution in [0, 0.1) is 0 Å². The third-order valence-electron chi connectivity index (χ3n) is 3.35. The molecule has 2 fully saturated rings. The minimum absolute atomic E-state index is 0.537. The molecule has 2 heterocycles. The van der Waals surface area contributed by atoms with Crippen LogP contribution < -0.4 is 10.6 Å². The molecule has 5 heteroatoms. The smallest absolute Gasteiger partial charge is 0.136 e. The van der Waals surface area contributed by atoms with Crippen molar-refractivity contribution in [2.45, 2.75) is 31.7 Å². The fourth-order valence-electron chi connectivity index (χ4n) is 2.21. The number of nitrogens with zero attached hydrogens (tertiary/aromatic N) is 3. The van der Waals surface area contributed by atoms with E-state index in [0.29, 0.717) is 17.8 Å². The first-order valence-corrected chi connectivity index (χ1v) is 7.38. The van der Waals surface area contributed by atoms with Crippen molar-refractivity contribution in [2.24, 2.45) is 0 Å². The van der Waals surface area contributed by atoms with Crippen LogP contribution in [-0.4, -0.2) is 34.1 Å². The van der Waals surface area contributed by atoms with Gasteiger partial charge in [-0.15, -0.1) is 0 Å². The molecule has 1 aliphatic heterocycles. The minimum atomic E-state index is 0.537. The summed E-state index contributed by atoms with van der Waals surface area (Å²) in [5.74, 6) is 5.49. The highest BCUT2D eigenvalue weighted by atomic mass is 32.2. The third-order valence-corrected chi connectivity index (χ3v) is 4.54. The molecular formula is C12H18N4S. The van der Waals surface area contributed by atoms with E-state index in [1.165, 1.54) is 24.3 Å². The largest absolute Gasteiger partial charge is 0.384 e. The summed E-state index contributed by atoms with van der Waals surface area (Å²) in [6.45, 7) is 3.31. The lowest BCUT2D eigenvalue weighted by atomic mass is 10.3. The monoisotopic (exact) mass is 250 g/mol. The topological polar surface area (TPSA) is 55.0 Å². The van der Waals surface area contributed by atoms with Gasteiger partial charge in [0.25, 0.3) is 0 Å². The van der Waals surface area contributed by atoms with Crippen LogP contribution in [-0.2, 0) is 0 Å². The molecule has 0 spiro atoms. The van der Waals surface area contributed by atoms with Gasteiger partial charge in [-0.05, 0) is 19.8 Å². The van der Waals surface area contributed by atoms with Gasteiger partial charge in [0.1, 0.15) is 17.5 Å². The summed E-state index contributed by atoms with van der Waals surface area (Å²) in [5, 5.41) is 0. The standard InChI is InChI=1S/C12H18N4S/c1-8-7-17-5-4-16(8)11-6-10(13)14-12(15-11)9-2-3-9/h6,8-9H,2-5,7H2,1H3,(H2,13,14,15). The van der Waals surface area contributed by atoms with Crippen molar-refractivity contribution in [3.8, 4) is 0 Å². The lowest BCUT2D eigenvalue weighted by molar-refractivity contribution is 0.685. The average molecular weight is 250 g/mol. The first-order valence-electron chi connectivity index (χ1n) is 6.23. The highest BCUT2D eigenvalue weighted by molar-refractivity contribution is 7.99. The van der Waals surface area contributed by atoms with E-state index in [4.69, 9.17) is 10.7 Å². The maximum absolute atomic E-state index is 5.89. The molecular weight excluding hydrogens is 232 g/mol. The van der Waals surface area contributed by atoms with E-state index in [1.807, 2.05) is 17.8 Å². The lowest BCUT2D eigenvalue weighted by Crippen LogP contribution is -2.41. The summed E-state index contributed by atoms with van der Waals surface area (Å²) in [6.07, 6.45) is 2.43. The van der Waals surface area contributed by atoms with Crippen molar-refractivity contribution >= 4 is 23.4 Å². The van der Waals surface area contributed by atoms with Gasteiger partial charge in [0.2, 0.25) is 0 Å². The molecule has 1 atom stereocenters. The highest BCUT2D eigenvalue weighted by Gasteiger charge is 2.28. The van der Waals surface area contributed by atoms with Crippen LogP contribution in [0.4, 0.5) is 11.6 Å². The molecule has 2 N–H and O–H groups in total. The Bertz CT molecular complexity index is 419. The van der Waals surface area contributed by atoms with E-state index in [-0.39, 0.29) is 0 Å². The van der Waals surface area contributed by atoms with Crippen LogP contribution in [0.25, 0.3) is 0 Å². The van der Waals surface area contributed by atoms with Gasteiger partial charge in [-0.3, -0.25) is 0 Å². The van der Waals surface area contributed by atoms with Crippen molar-refractivity contribution < 1.29 is 0 Å². The Labute approximate surface area is 106 Å². The Balaban J connectivity index is 1.90. The van der Waals surface area contributed by atoms with Crippen LogP contribution in [0.1, 0.15) is 31.5 Å². The van der Waals surface area contributed by atoms with Crippen LogP contribution in [0.2, 0.25) is 0 Å². The van der Waals surface area contributed by atoms with Crippen LogP contribution in [0.3, 0.4) is 0 Å². The van der Waals surface area contributed by atoms with E-state index >= 15 is 0 Å². The van der Waals surface area contributed by atoms with E-state index in [1.54, 1.807) is 0 Å². The average Bonchev–Trinajstić information content (AvgIpc) is 3.12. The summed E-state index contributed by atoms with van der Waals surface area (Å²) in [6, 6.07) is 2.45. The lowest BCUT2D eigenvalue weighted by Gasteiger charge is -2.34. The Hall–Kier alpha value is -0.970. The normalized spacial score (nSPS) is 25.0. The van der Waals surface area contributed by atoms with Crippen molar-refractivity contribution in [2.75, 3.05) is 28.7 Å². The molecule has 4 nitrogen and oxygen atoms in total. The maximum atomic E-state index is 5.89. The zero-order valence-electron chi connectivity index (χ0n) is 10.1. The molecule has 0 amide bonds. The molecule has 0 aromatic carbocycles. The molecule has 1 unspecified atom stereocenters. The minimum Gasteiger partial charge on any atom is -0.384 e. The van der Waals surface area contributed by atoms with Gasteiger partial charge in [0.05, 0.1) is 0 Å². The molecule has 92 valence electrons. The maximum Gasteiger partial charge on any atom is 0.136 e. The van der Waals surface area contributed by atoms with Gasteiger partial charge < -0.3 is 10.6 Å². The van der Waals surface area contributed by atoms with E-state index < -0.39 is 0 Å². The Kier molecular flexibility index (Phi) is 2.86. The molecule has 0 radical (unpaired) electrons. The molecule has 0 bridgehead atoms. The third kappa shape index (κ3) is 2.34. The molecule has 1 saturated heterocycles. The van der Waals surface area contributed by atoms with Crippen molar-refractivity contribution in [1.82, 2.24) is 9.97 Å². The molecule has 17 heavy (non-hydrogen) atoms. The number of hydrogen-bond donors (Lipinski definition) is 1. The number of nitrogen functional groups attached to an aromatic ring is 1. The van der Waals surface area contributed by atoms with Gasteiger partial charge in [0, 0.05) is 36.1 Å². The predicted molar refractivity (Wildman–Crippen MR) is 72.6 cm³/mol. The van der Waals surface area contributed by atoms with Gasteiger partial charge in [-0.2, -0.15) is 11.8 Å². The Morgan fingerprint density at radius 2 is 2.24 bits per heavy atom. The Morgan fingerprint density at radius 3 is 2.94 bits per heavy atom. The molecule has 1 aliphatic carbocycles. The molecule has 3 rings (SSSR count). The number of hydrogen-bond acceptors (Lipinski definition) is 5. The molecule has 1 saturated carbocycles. The Morgan fingerprint density at radius 1 is 1.41 bits per heavy atom. The van der Waals surface area contributed by atoms with Gasteiger partial charge in [0.15, 0.2) is 0 Å². The zero-order chi connectivity index (χ0) is 11.8. The van der Waals surface area contributed by atoms with Crippen molar-refractivity contribution in [1.29, 1.82) is 0 Å². The van der Waals surface area contributed by atoms with Gasteiger partial charge in [-0.1, -0.05) is 0 Å². The summed E-state index contributed by atoms with van der Waals surface area (Å²) in [7, 11) is 0. The number of thioether (sulfide) groups is 1. The molecule has 1 aromatic rings. The summed E-state index contributed by atoms with van der Waals surface area (Å²) in [5.41, 5.74) is 5.89. The van der Waals surface area contributed by atoms with Gasteiger partial charge >= 0.3 is 0 Å². The quantitative estimate of drug-likeness (QED) is 0.868. The van der Waals surface area contributed by atoms with Crippen molar-refractivity contribution in [3.63, 3.8) is 0 Å². The SMILES string of the molecule is CC1CSCCN1c1cc(N)nc(C2CC2)n1. The fraction of sp³-hybridized carbons (Fsp3) is 0.667. The summed E-state index contributed by atoms with van der Waals surface area (Å²) >= 11 is 2.01. The number of rotatable bonds is 2. The van der Waals surface area contributed by atoms with Gasteiger partial charge in [-0.25, -0.2) is 9.97 Å². The van der Waals surface area contributed by atoms with E-state index in [0.717, 1.165) is 18.2 Å².